The molecule has 1 atom stereocenters. The highest BCUT2D eigenvalue weighted by Gasteiger charge is 2.20. The van der Waals surface area contributed by atoms with Gasteiger partial charge in [-0.15, -0.1) is 5.10 Å². The number of hydrogen-bond acceptors (Lipinski definition) is 7. The molecule has 0 spiro atoms. The highest BCUT2D eigenvalue weighted by Crippen LogP contribution is 2.28. The molecule has 3 rings (SSSR count). The fourth-order valence-electron chi connectivity index (χ4n) is 2.36. The number of carbonyl (C=O) groups excluding carboxylic acids is 1. The van der Waals surface area contributed by atoms with Crippen molar-refractivity contribution in [2.24, 2.45) is 0 Å². The fraction of sp³-hybridized carbons (Fsp3) is 0.250. The molecule has 27 heavy (non-hydrogen) atoms. The summed E-state index contributed by atoms with van der Waals surface area (Å²) in [6.45, 7) is 5.48. The molecule has 1 N–H and O–H groups in total. The number of aryl methyl sites for hydroxylation is 2. The maximum Gasteiger partial charge on any atom is 0.271 e. The molecule has 2 heterocycles. The van der Waals surface area contributed by atoms with Crippen molar-refractivity contribution < 1.29 is 9.72 Å². The number of thioether (sulfide) groups is 1. The Morgan fingerprint density at radius 3 is 2.74 bits per heavy atom. The largest absolute Gasteiger partial charge is 0.324 e. The van der Waals surface area contributed by atoms with Gasteiger partial charge in [0.15, 0.2) is 0 Å². The second-order valence-electron chi connectivity index (χ2n) is 5.82. The van der Waals surface area contributed by atoms with Gasteiger partial charge in [-0.2, -0.15) is 4.98 Å². The summed E-state index contributed by atoms with van der Waals surface area (Å²) in [6, 6.07) is 5.76. The van der Waals surface area contributed by atoms with Gasteiger partial charge in [-0.05, 0) is 32.9 Å². The van der Waals surface area contributed by atoms with Gasteiger partial charge in [0.25, 0.3) is 11.5 Å². The van der Waals surface area contributed by atoms with Gasteiger partial charge in [0.2, 0.25) is 11.1 Å². The molecule has 0 aliphatic heterocycles. The summed E-state index contributed by atoms with van der Waals surface area (Å²) in [5.41, 5.74) is 1.89. The smallest absolute Gasteiger partial charge is 0.271 e. The van der Waals surface area contributed by atoms with Gasteiger partial charge in [-0.25, -0.2) is 9.50 Å². The lowest BCUT2D eigenvalue weighted by Crippen LogP contribution is -2.22. The second kappa shape index (κ2) is 7.49. The van der Waals surface area contributed by atoms with E-state index in [1.807, 2.05) is 19.9 Å². The topological polar surface area (TPSA) is 115 Å². The average molecular weight is 407 g/mol. The van der Waals surface area contributed by atoms with Crippen molar-refractivity contribution in [1.29, 1.82) is 0 Å². The molecular weight excluding hydrogens is 392 g/mol. The minimum atomic E-state index is -0.553. The van der Waals surface area contributed by atoms with Crippen LogP contribution in [0.3, 0.4) is 0 Å². The highest BCUT2D eigenvalue weighted by molar-refractivity contribution is 8.00. The van der Waals surface area contributed by atoms with Crippen molar-refractivity contribution in [3.63, 3.8) is 0 Å². The Morgan fingerprint density at radius 2 is 2.07 bits per heavy atom. The van der Waals surface area contributed by atoms with Gasteiger partial charge in [-0.1, -0.05) is 23.4 Å². The van der Waals surface area contributed by atoms with Crippen LogP contribution in [0.5, 0.6) is 0 Å². The third-order valence-corrected chi connectivity index (χ3v) is 4.94. The van der Waals surface area contributed by atoms with Gasteiger partial charge >= 0.3 is 0 Å². The standard InChI is InChI=1S/C16H15ClN6O3S/c1-8-6-9(2)22-15(18-8)20-16(21-22)27-10(3)14(24)19-13-5-4-11(23(25)26)7-12(13)17/h4-7,10H,1-3H3,(H,19,24)/t10-/m1/s1. The van der Waals surface area contributed by atoms with Crippen LogP contribution in [-0.4, -0.2) is 35.7 Å². The zero-order valence-corrected chi connectivity index (χ0v) is 16.2. The van der Waals surface area contributed by atoms with Crippen LogP contribution in [0.1, 0.15) is 18.3 Å². The summed E-state index contributed by atoms with van der Waals surface area (Å²) in [4.78, 5) is 31.3. The average Bonchev–Trinajstić information content (AvgIpc) is 2.98. The van der Waals surface area contributed by atoms with E-state index in [-0.39, 0.29) is 16.6 Å². The molecule has 9 nitrogen and oxygen atoms in total. The first-order chi connectivity index (χ1) is 12.7. The van der Waals surface area contributed by atoms with E-state index in [1.165, 1.54) is 30.0 Å². The minimum absolute atomic E-state index is 0.0934. The summed E-state index contributed by atoms with van der Waals surface area (Å²) in [6.07, 6.45) is 0. The van der Waals surface area contributed by atoms with Crippen molar-refractivity contribution in [3.05, 3.63) is 50.8 Å². The molecule has 0 aliphatic rings. The predicted molar refractivity (Wildman–Crippen MR) is 102 cm³/mol. The third-order valence-electron chi connectivity index (χ3n) is 3.67. The number of anilines is 1. The number of carbonyl (C=O) groups is 1. The van der Waals surface area contributed by atoms with E-state index in [9.17, 15) is 14.9 Å². The monoisotopic (exact) mass is 406 g/mol. The Balaban J connectivity index is 1.73. The number of hydrogen-bond donors (Lipinski definition) is 1. The van der Waals surface area contributed by atoms with Crippen LogP contribution in [0.4, 0.5) is 11.4 Å². The Kier molecular flexibility index (Phi) is 5.29. The quantitative estimate of drug-likeness (QED) is 0.392. The molecule has 1 amide bonds. The summed E-state index contributed by atoms with van der Waals surface area (Å²) < 4.78 is 1.62. The Bertz CT molecular complexity index is 1050. The van der Waals surface area contributed by atoms with Crippen LogP contribution in [0.25, 0.3) is 5.78 Å². The van der Waals surface area contributed by atoms with Gasteiger partial charge < -0.3 is 5.32 Å². The third kappa shape index (κ3) is 4.17. The van der Waals surface area contributed by atoms with E-state index < -0.39 is 10.2 Å². The van der Waals surface area contributed by atoms with Crippen LogP contribution in [0, 0.1) is 24.0 Å². The normalized spacial score (nSPS) is 12.1. The molecule has 3 aromatic rings. The van der Waals surface area contributed by atoms with Crippen molar-refractivity contribution in [1.82, 2.24) is 19.6 Å². The molecule has 2 aromatic heterocycles. The second-order valence-corrected chi connectivity index (χ2v) is 7.53. The molecule has 0 saturated heterocycles. The first kappa shape index (κ1) is 19.1. The lowest BCUT2D eigenvalue weighted by molar-refractivity contribution is -0.384. The zero-order valence-electron chi connectivity index (χ0n) is 14.6. The number of nitrogens with zero attached hydrogens (tertiary/aromatic N) is 5. The zero-order chi connectivity index (χ0) is 19.7. The summed E-state index contributed by atoms with van der Waals surface area (Å²) in [7, 11) is 0. The summed E-state index contributed by atoms with van der Waals surface area (Å²) in [5, 5.41) is 17.8. The lowest BCUT2D eigenvalue weighted by atomic mass is 10.2. The SMILES string of the molecule is Cc1cc(C)n2nc(S[C@H](C)C(=O)Nc3ccc([N+](=O)[O-])cc3Cl)nc2n1. The Labute approximate surface area is 163 Å². The highest BCUT2D eigenvalue weighted by atomic mass is 35.5. The van der Waals surface area contributed by atoms with Gasteiger partial charge in [0, 0.05) is 23.5 Å². The van der Waals surface area contributed by atoms with Crippen molar-refractivity contribution >= 4 is 46.4 Å². The van der Waals surface area contributed by atoms with Crippen LogP contribution in [-0.2, 0) is 4.79 Å². The van der Waals surface area contributed by atoms with E-state index in [4.69, 9.17) is 11.6 Å². The molecule has 0 aliphatic carbocycles. The van der Waals surface area contributed by atoms with Gasteiger partial charge in [0.05, 0.1) is 20.9 Å². The first-order valence-corrected chi connectivity index (χ1v) is 9.13. The minimum Gasteiger partial charge on any atom is -0.324 e. The molecule has 0 fully saturated rings. The predicted octanol–water partition coefficient (Wildman–Crippen LogP) is 3.42. The number of benzene rings is 1. The number of amides is 1. The summed E-state index contributed by atoms with van der Waals surface area (Å²) in [5.74, 6) is 0.150. The van der Waals surface area contributed by atoms with E-state index >= 15 is 0 Å². The molecule has 140 valence electrons. The number of aromatic nitrogens is 4. The number of nitrogens with one attached hydrogen (secondary N) is 1. The van der Waals surface area contributed by atoms with E-state index in [0.29, 0.717) is 16.6 Å². The summed E-state index contributed by atoms with van der Waals surface area (Å²) >= 11 is 7.18. The number of nitro groups is 1. The van der Waals surface area contributed by atoms with Crippen molar-refractivity contribution in [2.45, 2.75) is 31.2 Å². The van der Waals surface area contributed by atoms with Crippen LogP contribution < -0.4 is 5.32 Å². The number of halogens is 1. The number of non-ortho nitro benzene ring substituents is 1. The van der Waals surface area contributed by atoms with Crippen LogP contribution >= 0.6 is 23.4 Å². The lowest BCUT2D eigenvalue weighted by Gasteiger charge is -2.11. The molecule has 11 heteroatoms. The van der Waals surface area contributed by atoms with E-state index in [0.717, 1.165) is 11.4 Å². The van der Waals surface area contributed by atoms with E-state index in [1.54, 1.807) is 11.4 Å². The molecule has 0 unspecified atom stereocenters. The van der Waals surface area contributed by atoms with Crippen LogP contribution in [0.2, 0.25) is 5.02 Å². The Hall–Kier alpha value is -2.72. The fourth-order valence-corrected chi connectivity index (χ4v) is 3.33. The molecule has 0 bridgehead atoms. The maximum atomic E-state index is 12.4. The van der Waals surface area contributed by atoms with Gasteiger partial charge in [-0.3, -0.25) is 14.9 Å². The Morgan fingerprint density at radius 1 is 1.33 bits per heavy atom. The first-order valence-electron chi connectivity index (χ1n) is 7.87. The van der Waals surface area contributed by atoms with Crippen LogP contribution in [0.15, 0.2) is 29.4 Å². The van der Waals surface area contributed by atoms with Crippen molar-refractivity contribution in [3.8, 4) is 0 Å². The number of rotatable bonds is 5. The number of fused-ring (bicyclic) bond motifs is 1. The molecule has 0 saturated carbocycles. The molecule has 0 radical (unpaired) electrons. The number of nitro benzene ring substituents is 1. The molecule has 1 aromatic carbocycles. The van der Waals surface area contributed by atoms with Crippen molar-refractivity contribution in [2.75, 3.05) is 5.32 Å². The maximum absolute atomic E-state index is 12.4. The molecular formula is C16H15ClN6O3S. The van der Waals surface area contributed by atoms with Gasteiger partial charge in [0.1, 0.15) is 0 Å². The van der Waals surface area contributed by atoms with E-state index in [2.05, 4.69) is 20.4 Å².